The predicted molar refractivity (Wildman–Crippen MR) is 129 cm³/mol. The first-order valence-corrected chi connectivity index (χ1v) is 12.8. The molecule has 4 rings (SSSR count). The maximum absolute atomic E-state index is 12.9. The van der Waals surface area contributed by atoms with Gasteiger partial charge in [0.25, 0.3) is 5.91 Å². The van der Waals surface area contributed by atoms with E-state index in [2.05, 4.69) is 20.4 Å². The zero-order valence-corrected chi connectivity index (χ0v) is 20.1. The van der Waals surface area contributed by atoms with Crippen LogP contribution in [0.4, 0.5) is 5.82 Å². The highest BCUT2D eigenvalue weighted by atomic mass is 32.2. The summed E-state index contributed by atoms with van der Waals surface area (Å²) in [6.07, 6.45) is 9.61. The van der Waals surface area contributed by atoms with Crippen molar-refractivity contribution in [2.45, 2.75) is 44.2 Å². The Balaban J connectivity index is 1.59. The van der Waals surface area contributed by atoms with Crippen LogP contribution in [-0.2, 0) is 16.4 Å². The van der Waals surface area contributed by atoms with Crippen LogP contribution in [0.5, 0.6) is 0 Å². The predicted octanol–water partition coefficient (Wildman–Crippen LogP) is 2.49. The fourth-order valence-corrected chi connectivity index (χ4v) is 4.44. The van der Waals surface area contributed by atoms with Crippen molar-refractivity contribution in [1.29, 1.82) is 0 Å². The summed E-state index contributed by atoms with van der Waals surface area (Å²) in [5.41, 5.74) is 8.81. The molecule has 0 aliphatic carbocycles. The zero-order chi connectivity index (χ0) is 24.5. The number of benzene rings is 1. The van der Waals surface area contributed by atoms with Gasteiger partial charge in [-0.3, -0.25) is 13.9 Å². The second-order valence-corrected chi connectivity index (χ2v) is 10.4. The number of amides is 1. The summed E-state index contributed by atoms with van der Waals surface area (Å²) in [7, 11) is -3.39. The first-order valence-electron chi connectivity index (χ1n) is 10.9. The second kappa shape index (κ2) is 9.26. The number of imidazole rings is 1. The minimum absolute atomic E-state index is 0.0715. The number of nitrogen functional groups attached to an aromatic ring is 1. The average molecular weight is 482 g/mol. The lowest BCUT2D eigenvalue weighted by atomic mass is 10.1. The Morgan fingerprint density at radius 1 is 1.29 bits per heavy atom. The Bertz CT molecular complexity index is 1440. The normalized spacial score (nSPS) is 12.7. The van der Waals surface area contributed by atoms with Crippen molar-refractivity contribution in [1.82, 2.24) is 29.5 Å². The second-order valence-electron chi connectivity index (χ2n) is 8.38. The van der Waals surface area contributed by atoms with Gasteiger partial charge in [0.05, 0.1) is 16.8 Å². The molecular formula is C23H27N7O3S. The number of carbonyl (C=O) groups excluding carboxylic acids is 1. The summed E-state index contributed by atoms with van der Waals surface area (Å²) in [6, 6.07) is 6.72. The number of anilines is 1. The van der Waals surface area contributed by atoms with E-state index in [9.17, 15) is 13.2 Å². The molecule has 4 aromatic rings. The van der Waals surface area contributed by atoms with E-state index in [1.165, 1.54) is 0 Å². The molecule has 1 aromatic carbocycles. The van der Waals surface area contributed by atoms with Crippen LogP contribution in [0.3, 0.4) is 0 Å². The van der Waals surface area contributed by atoms with E-state index in [0.29, 0.717) is 16.9 Å². The molecule has 1 unspecified atom stereocenters. The quantitative estimate of drug-likeness (QED) is 0.394. The standard InChI is InChI=1S/C23H27N7O3S/c1-15-7-8-17(34(3,32)33)12-18(15)20-13-25-22-21(24)28-19(14-30(20)22)23(31)27-16(2)6-4-10-29-11-5-9-26-29/h5,7-9,11-14,16H,4,6,10H2,1-3H3,(H2,24,28)(H,27,31). The number of aryl methyl sites for hydroxylation is 2. The monoisotopic (exact) mass is 481 g/mol. The summed E-state index contributed by atoms with van der Waals surface area (Å²) >= 11 is 0. The highest BCUT2D eigenvalue weighted by molar-refractivity contribution is 7.90. The lowest BCUT2D eigenvalue weighted by molar-refractivity contribution is 0.0932. The zero-order valence-electron chi connectivity index (χ0n) is 19.3. The van der Waals surface area contributed by atoms with E-state index in [-0.39, 0.29) is 28.4 Å². The fourth-order valence-electron chi connectivity index (χ4n) is 3.79. The summed E-state index contributed by atoms with van der Waals surface area (Å²) < 4.78 is 27.7. The average Bonchev–Trinajstić information content (AvgIpc) is 3.43. The van der Waals surface area contributed by atoms with Crippen molar-refractivity contribution in [3.8, 4) is 11.3 Å². The third-order valence-electron chi connectivity index (χ3n) is 5.63. The third-order valence-corrected chi connectivity index (χ3v) is 6.74. The van der Waals surface area contributed by atoms with Gasteiger partial charge in [-0.25, -0.2) is 18.4 Å². The van der Waals surface area contributed by atoms with Crippen molar-refractivity contribution < 1.29 is 13.2 Å². The van der Waals surface area contributed by atoms with Crippen molar-refractivity contribution >= 4 is 27.2 Å². The Morgan fingerprint density at radius 3 is 2.79 bits per heavy atom. The number of nitrogens with two attached hydrogens (primary N) is 1. The molecule has 10 nitrogen and oxygen atoms in total. The van der Waals surface area contributed by atoms with E-state index in [0.717, 1.165) is 31.2 Å². The van der Waals surface area contributed by atoms with Crippen LogP contribution in [0, 0.1) is 6.92 Å². The van der Waals surface area contributed by atoms with Gasteiger partial charge in [-0.05, 0) is 50.5 Å². The number of rotatable bonds is 8. The molecular weight excluding hydrogens is 454 g/mol. The van der Waals surface area contributed by atoms with Crippen molar-refractivity contribution in [3.63, 3.8) is 0 Å². The molecule has 0 spiro atoms. The Hall–Kier alpha value is -3.73. The van der Waals surface area contributed by atoms with E-state index in [1.807, 2.05) is 30.8 Å². The maximum Gasteiger partial charge on any atom is 0.271 e. The van der Waals surface area contributed by atoms with Gasteiger partial charge in [0, 0.05) is 43.0 Å². The highest BCUT2D eigenvalue weighted by Crippen LogP contribution is 2.28. The summed E-state index contributed by atoms with van der Waals surface area (Å²) in [6.45, 7) is 4.59. The van der Waals surface area contributed by atoms with E-state index < -0.39 is 9.84 Å². The van der Waals surface area contributed by atoms with E-state index in [1.54, 1.807) is 41.2 Å². The summed E-state index contributed by atoms with van der Waals surface area (Å²) in [5, 5.41) is 7.14. The number of fused-ring (bicyclic) bond motifs is 1. The first-order chi connectivity index (χ1) is 16.1. The van der Waals surface area contributed by atoms with Gasteiger partial charge in [-0.2, -0.15) is 5.10 Å². The molecule has 34 heavy (non-hydrogen) atoms. The van der Waals surface area contributed by atoms with E-state index >= 15 is 0 Å². The maximum atomic E-state index is 12.9. The molecule has 178 valence electrons. The molecule has 0 saturated carbocycles. The van der Waals surface area contributed by atoms with Crippen LogP contribution in [0.1, 0.15) is 35.8 Å². The van der Waals surface area contributed by atoms with Gasteiger partial charge in [0.1, 0.15) is 5.69 Å². The summed E-state index contributed by atoms with van der Waals surface area (Å²) in [4.78, 5) is 21.7. The summed E-state index contributed by atoms with van der Waals surface area (Å²) in [5.74, 6) is -0.233. The molecule has 0 fully saturated rings. The SMILES string of the molecule is Cc1ccc(S(C)(=O)=O)cc1-c1cnc2c(N)nc(C(=O)NC(C)CCCn3cccn3)cn12. The Labute approximate surface area is 197 Å². The van der Waals surface area contributed by atoms with Crippen LogP contribution in [0.15, 0.2) is 53.9 Å². The molecule has 1 atom stereocenters. The number of hydrogen-bond donors (Lipinski definition) is 2. The topological polar surface area (TPSA) is 137 Å². The molecule has 0 saturated heterocycles. The molecule has 0 radical (unpaired) electrons. The Kier molecular flexibility index (Phi) is 6.38. The van der Waals surface area contributed by atoms with Gasteiger partial charge in [-0.1, -0.05) is 6.07 Å². The van der Waals surface area contributed by atoms with Gasteiger partial charge >= 0.3 is 0 Å². The van der Waals surface area contributed by atoms with Gasteiger partial charge < -0.3 is 11.1 Å². The number of aromatic nitrogens is 5. The first kappa shape index (κ1) is 23.4. The van der Waals surface area contributed by atoms with Crippen molar-refractivity contribution in [2.75, 3.05) is 12.0 Å². The number of carbonyl (C=O) groups is 1. The van der Waals surface area contributed by atoms with Crippen LogP contribution in [0.25, 0.3) is 16.9 Å². The van der Waals surface area contributed by atoms with E-state index in [4.69, 9.17) is 5.73 Å². The van der Waals surface area contributed by atoms with Gasteiger partial charge in [0.15, 0.2) is 21.3 Å². The third kappa shape index (κ3) is 4.93. The number of sulfone groups is 1. The highest BCUT2D eigenvalue weighted by Gasteiger charge is 2.18. The number of nitrogens with one attached hydrogen (secondary N) is 1. The molecule has 3 aromatic heterocycles. The fraction of sp³-hybridized carbons (Fsp3) is 0.304. The molecule has 0 bridgehead atoms. The Morgan fingerprint density at radius 2 is 2.09 bits per heavy atom. The minimum atomic E-state index is -3.39. The molecule has 1 amide bonds. The number of nitrogens with zero attached hydrogens (tertiary/aromatic N) is 5. The largest absolute Gasteiger partial charge is 0.381 e. The smallest absolute Gasteiger partial charge is 0.271 e. The van der Waals surface area contributed by atoms with Crippen LogP contribution >= 0.6 is 0 Å². The molecule has 3 N–H and O–H groups in total. The lowest BCUT2D eigenvalue weighted by Gasteiger charge is -2.14. The minimum Gasteiger partial charge on any atom is -0.381 e. The van der Waals surface area contributed by atoms with Crippen LogP contribution in [0.2, 0.25) is 0 Å². The van der Waals surface area contributed by atoms with Gasteiger partial charge in [0.2, 0.25) is 0 Å². The molecule has 3 heterocycles. The molecule has 11 heteroatoms. The van der Waals surface area contributed by atoms with Gasteiger partial charge in [-0.15, -0.1) is 0 Å². The van der Waals surface area contributed by atoms with Crippen LogP contribution < -0.4 is 11.1 Å². The van der Waals surface area contributed by atoms with Crippen LogP contribution in [-0.4, -0.2) is 50.8 Å². The molecule has 0 aliphatic heterocycles. The van der Waals surface area contributed by atoms with Crippen molar-refractivity contribution in [2.24, 2.45) is 0 Å². The molecule has 0 aliphatic rings. The number of hydrogen-bond acceptors (Lipinski definition) is 7. The van der Waals surface area contributed by atoms with Crippen molar-refractivity contribution in [3.05, 3.63) is 60.3 Å². The lowest BCUT2D eigenvalue weighted by Crippen LogP contribution is -2.33.